The van der Waals surface area contributed by atoms with E-state index in [2.05, 4.69) is 6.07 Å². The number of amides is 1. The van der Waals surface area contributed by atoms with Gasteiger partial charge in [-0.15, -0.1) is 0 Å². The molecular weight excluding hydrogens is 312 g/mol. The Morgan fingerprint density at radius 1 is 1.30 bits per heavy atom. The number of fused-ring (bicyclic) bond motifs is 2. The summed E-state index contributed by atoms with van der Waals surface area (Å²) in [7, 11) is 1.53. The molecule has 1 aliphatic heterocycles. The molecule has 1 fully saturated rings. The van der Waals surface area contributed by atoms with Crippen LogP contribution in [-0.4, -0.2) is 19.6 Å². The second-order valence-electron chi connectivity index (χ2n) is 6.26. The standard InChI is InChI=1S/C18H17ClN2O2/c1-23-16-9-14(20)13(19)8-11(16)17(22)21-10-18(6-7-18)12-4-2-3-5-15(12)21/h2-5,8-9H,6-7,10,20H2,1H3. The average Bonchev–Trinajstić information content (AvgIpc) is 3.27. The first-order valence-corrected chi connectivity index (χ1v) is 7.98. The molecular formula is C18H17ClN2O2. The van der Waals surface area contributed by atoms with Crippen molar-refractivity contribution in [1.29, 1.82) is 0 Å². The summed E-state index contributed by atoms with van der Waals surface area (Å²) in [5.41, 5.74) is 9.07. The van der Waals surface area contributed by atoms with E-state index in [1.807, 2.05) is 23.1 Å². The molecule has 2 N–H and O–H groups in total. The van der Waals surface area contributed by atoms with Crippen molar-refractivity contribution < 1.29 is 9.53 Å². The number of nitrogens with zero attached hydrogens (tertiary/aromatic N) is 1. The summed E-state index contributed by atoms with van der Waals surface area (Å²) in [5, 5.41) is 0.364. The fourth-order valence-corrected chi connectivity index (χ4v) is 3.60. The Hall–Kier alpha value is -2.20. The Morgan fingerprint density at radius 3 is 2.74 bits per heavy atom. The summed E-state index contributed by atoms with van der Waals surface area (Å²) in [4.78, 5) is 15.0. The number of nitrogen functional groups attached to an aromatic ring is 1. The molecule has 4 nitrogen and oxygen atoms in total. The number of rotatable bonds is 2. The molecule has 118 valence electrons. The van der Waals surface area contributed by atoms with Gasteiger partial charge < -0.3 is 15.4 Å². The van der Waals surface area contributed by atoms with Gasteiger partial charge in [-0.3, -0.25) is 4.79 Å². The van der Waals surface area contributed by atoms with Crippen molar-refractivity contribution in [3.63, 3.8) is 0 Å². The van der Waals surface area contributed by atoms with E-state index in [9.17, 15) is 4.79 Å². The topological polar surface area (TPSA) is 55.6 Å². The van der Waals surface area contributed by atoms with Crippen LogP contribution in [0.5, 0.6) is 5.75 Å². The molecule has 0 radical (unpaired) electrons. The van der Waals surface area contributed by atoms with Crippen LogP contribution in [0.2, 0.25) is 5.02 Å². The quantitative estimate of drug-likeness (QED) is 0.857. The van der Waals surface area contributed by atoms with Gasteiger partial charge in [0.15, 0.2) is 0 Å². The van der Waals surface area contributed by atoms with Crippen LogP contribution in [0.4, 0.5) is 11.4 Å². The molecule has 1 spiro atoms. The number of carbonyl (C=O) groups is 1. The van der Waals surface area contributed by atoms with E-state index in [0.717, 1.165) is 25.1 Å². The number of ether oxygens (including phenoxy) is 1. The molecule has 0 unspecified atom stereocenters. The summed E-state index contributed by atoms with van der Waals surface area (Å²) in [6.07, 6.45) is 2.26. The number of carbonyl (C=O) groups excluding carboxylic acids is 1. The lowest BCUT2D eigenvalue weighted by molar-refractivity contribution is 0.0984. The highest BCUT2D eigenvalue weighted by atomic mass is 35.5. The lowest BCUT2D eigenvalue weighted by atomic mass is 9.99. The molecule has 2 aromatic rings. The first-order chi connectivity index (χ1) is 11.1. The summed E-state index contributed by atoms with van der Waals surface area (Å²) in [5.74, 6) is 0.353. The van der Waals surface area contributed by atoms with Crippen molar-refractivity contribution in [2.24, 2.45) is 0 Å². The number of para-hydroxylation sites is 1. The Kier molecular flexibility index (Phi) is 3.07. The molecule has 0 saturated heterocycles. The molecule has 1 amide bonds. The second-order valence-corrected chi connectivity index (χ2v) is 6.67. The van der Waals surface area contributed by atoms with Gasteiger partial charge in [-0.05, 0) is 30.5 Å². The monoisotopic (exact) mass is 328 g/mol. The molecule has 5 heteroatoms. The number of halogens is 1. The van der Waals surface area contributed by atoms with Crippen LogP contribution >= 0.6 is 11.6 Å². The maximum Gasteiger partial charge on any atom is 0.262 e. The van der Waals surface area contributed by atoms with E-state index in [1.165, 1.54) is 12.7 Å². The van der Waals surface area contributed by atoms with E-state index in [1.54, 1.807) is 12.1 Å². The van der Waals surface area contributed by atoms with Gasteiger partial charge in [0.1, 0.15) is 5.75 Å². The summed E-state index contributed by atoms with van der Waals surface area (Å²) < 4.78 is 5.33. The molecule has 23 heavy (non-hydrogen) atoms. The lowest BCUT2D eigenvalue weighted by Gasteiger charge is -2.20. The van der Waals surface area contributed by atoms with Crippen LogP contribution < -0.4 is 15.4 Å². The number of methoxy groups -OCH3 is 1. The van der Waals surface area contributed by atoms with Gasteiger partial charge in [0.05, 0.1) is 23.4 Å². The molecule has 1 aliphatic carbocycles. The van der Waals surface area contributed by atoms with E-state index in [-0.39, 0.29) is 11.3 Å². The normalized spacial score (nSPS) is 17.2. The smallest absolute Gasteiger partial charge is 0.262 e. The van der Waals surface area contributed by atoms with Crippen molar-refractivity contribution in [1.82, 2.24) is 0 Å². The number of hydrogen-bond donors (Lipinski definition) is 1. The number of hydrogen-bond acceptors (Lipinski definition) is 3. The SMILES string of the molecule is COc1cc(N)c(Cl)cc1C(=O)N1CC2(CC2)c2ccccc21. The van der Waals surface area contributed by atoms with Crippen molar-refractivity contribution in [3.05, 3.63) is 52.5 Å². The maximum atomic E-state index is 13.1. The van der Waals surface area contributed by atoms with E-state index in [0.29, 0.717) is 22.0 Å². The highest BCUT2D eigenvalue weighted by molar-refractivity contribution is 6.33. The maximum absolute atomic E-state index is 13.1. The zero-order valence-electron chi connectivity index (χ0n) is 12.8. The van der Waals surface area contributed by atoms with Gasteiger partial charge in [-0.2, -0.15) is 0 Å². The van der Waals surface area contributed by atoms with Gasteiger partial charge in [-0.1, -0.05) is 29.8 Å². The zero-order chi connectivity index (χ0) is 16.2. The van der Waals surface area contributed by atoms with Crippen LogP contribution in [-0.2, 0) is 5.41 Å². The summed E-state index contributed by atoms with van der Waals surface area (Å²) in [6, 6.07) is 11.3. The van der Waals surface area contributed by atoms with Crippen molar-refractivity contribution in [2.75, 3.05) is 24.3 Å². The Balaban J connectivity index is 1.78. The third kappa shape index (κ3) is 2.09. The molecule has 2 aliphatic rings. The van der Waals surface area contributed by atoms with Crippen molar-refractivity contribution in [2.45, 2.75) is 18.3 Å². The minimum Gasteiger partial charge on any atom is -0.496 e. The van der Waals surface area contributed by atoms with E-state index in [4.69, 9.17) is 22.1 Å². The summed E-state index contributed by atoms with van der Waals surface area (Å²) in [6.45, 7) is 0.719. The van der Waals surface area contributed by atoms with E-state index < -0.39 is 0 Å². The first kappa shape index (κ1) is 14.4. The van der Waals surface area contributed by atoms with Gasteiger partial charge >= 0.3 is 0 Å². The lowest BCUT2D eigenvalue weighted by Crippen LogP contribution is -2.31. The van der Waals surface area contributed by atoms with Gasteiger partial charge in [0.25, 0.3) is 5.91 Å². The Labute approximate surface area is 139 Å². The minimum atomic E-state index is -0.0972. The fraction of sp³-hybridized carbons (Fsp3) is 0.278. The Bertz CT molecular complexity index is 815. The van der Waals surface area contributed by atoms with Crippen LogP contribution in [0.25, 0.3) is 0 Å². The summed E-state index contributed by atoms with van der Waals surface area (Å²) >= 11 is 6.11. The molecule has 4 rings (SSSR count). The van der Waals surface area contributed by atoms with Gasteiger partial charge in [-0.25, -0.2) is 0 Å². The highest BCUT2D eigenvalue weighted by Crippen LogP contribution is 2.56. The number of nitrogens with two attached hydrogens (primary N) is 1. The molecule has 0 bridgehead atoms. The minimum absolute atomic E-state index is 0.0972. The molecule has 2 aromatic carbocycles. The largest absolute Gasteiger partial charge is 0.496 e. The number of anilines is 2. The molecule has 0 atom stereocenters. The fourth-order valence-electron chi connectivity index (χ4n) is 3.44. The van der Waals surface area contributed by atoms with Crippen molar-refractivity contribution in [3.8, 4) is 5.75 Å². The van der Waals surface area contributed by atoms with Crippen LogP contribution in [0.3, 0.4) is 0 Å². The van der Waals surface area contributed by atoms with Gasteiger partial charge in [0.2, 0.25) is 0 Å². The van der Waals surface area contributed by atoms with Crippen LogP contribution in [0, 0.1) is 0 Å². The Morgan fingerprint density at radius 2 is 2.04 bits per heavy atom. The third-order valence-corrected chi connectivity index (χ3v) is 5.20. The molecule has 0 aromatic heterocycles. The predicted octanol–water partition coefficient (Wildman–Crippen LogP) is 3.62. The number of benzene rings is 2. The van der Waals surface area contributed by atoms with Gasteiger partial charge in [0, 0.05) is 23.7 Å². The third-order valence-electron chi connectivity index (χ3n) is 4.87. The van der Waals surface area contributed by atoms with Crippen LogP contribution in [0.1, 0.15) is 28.8 Å². The zero-order valence-corrected chi connectivity index (χ0v) is 13.6. The second kappa shape index (κ2) is 4.90. The highest BCUT2D eigenvalue weighted by Gasteiger charge is 2.53. The predicted molar refractivity (Wildman–Crippen MR) is 91.4 cm³/mol. The average molecular weight is 329 g/mol. The molecule has 1 saturated carbocycles. The van der Waals surface area contributed by atoms with Crippen LogP contribution in [0.15, 0.2) is 36.4 Å². The van der Waals surface area contributed by atoms with Crippen molar-refractivity contribution >= 4 is 28.9 Å². The van der Waals surface area contributed by atoms with E-state index >= 15 is 0 Å². The molecule has 1 heterocycles. The first-order valence-electron chi connectivity index (χ1n) is 7.60.